The number of hydrogen-bond donors (Lipinski definition) is 2. The second-order valence-electron chi connectivity index (χ2n) is 4.12. The van der Waals surface area contributed by atoms with E-state index >= 15 is 0 Å². The third-order valence-corrected chi connectivity index (χ3v) is 3.84. The Morgan fingerprint density at radius 1 is 1.20 bits per heavy atom. The highest BCUT2D eigenvalue weighted by Gasteiger charge is 2.10. The van der Waals surface area contributed by atoms with E-state index in [0.717, 1.165) is 8.95 Å². The summed E-state index contributed by atoms with van der Waals surface area (Å²) in [5.41, 5.74) is 0.619. The molecule has 5 nitrogen and oxygen atoms in total. The van der Waals surface area contributed by atoms with E-state index in [1.165, 1.54) is 0 Å². The van der Waals surface area contributed by atoms with Crippen molar-refractivity contribution in [2.24, 2.45) is 0 Å². The Morgan fingerprint density at radius 2 is 1.85 bits per heavy atom. The van der Waals surface area contributed by atoms with E-state index in [1.807, 2.05) is 0 Å². The third-order valence-electron chi connectivity index (χ3n) is 2.56. The Morgan fingerprint density at radius 3 is 2.45 bits per heavy atom. The van der Waals surface area contributed by atoms with Gasteiger partial charge in [0.2, 0.25) is 5.91 Å². The lowest BCUT2D eigenvalue weighted by Gasteiger charge is -2.11. The summed E-state index contributed by atoms with van der Waals surface area (Å²) in [6.07, 6.45) is 1.41. The summed E-state index contributed by atoms with van der Waals surface area (Å²) in [6, 6.07) is 3.50. The topological polar surface area (TPSA) is 75.6 Å². The number of methoxy groups -OCH3 is 1. The fraction of sp³-hybridized carbons (Fsp3) is 0.385. The molecule has 0 spiro atoms. The number of nitrogens with one attached hydrogen (secondary N) is 1. The summed E-state index contributed by atoms with van der Waals surface area (Å²) in [6.45, 7) is 0. The molecule has 2 N–H and O–H groups in total. The summed E-state index contributed by atoms with van der Waals surface area (Å²) in [5.74, 6) is -0.374. The number of carbonyl (C=O) groups excluding carboxylic acids is 1. The Labute approximate surface area is 134 Å². The van der Waals surface area contributed by atoms with Gasteiger partial charge in [0.1, 0.15) is 5.75 Å². The highest BCUT2D eigenvalue weighted by atomic mass is 79.9. The maximum absolute atomic E-state index is 11.8. The number of carbonyl (C=O) groups is 2. The van der Waals surface area contributed by atoms with E-state index in [4.69, 9.17) is 9.84 Å². The minimum absolute atomic E-state index is 0.0864. The lowest BCUT2D eigenvalue weighted by atomic mass is 10.2. The van der Waals surface area contributed by atoms with Gasteiger partial charge in [0.15, 0.2) is 0 Å². The molecule has 1 aromatic carbocycles. The molecule has 0 heterocycles. The molecule has 0 aliphatic rings. The van der Waals surface area contributed by atoms with E-state index in [1.54, 1.807) is 19.2 Å². The zero-order valence-electron chi connectivity index (χ0n) is 10.9. The number of unbranched alkanes of at least 4 members (excludes halogenated alkanes) is 1. The van der Waals surface area contributed by atoms with Gasteiger partial charge in [-0.3, -0.25) is 9.59 Å². The SMILES string of the molecule is COc1cc(NC(=O)CCCCC(=O)O)c(Br)cc1Br. The van der Waals surface area contributed by atoms with Gasteiger partial charge < -0.3 is 15.2 Å². The summed E-state index contributed by atoms with van der Waals surface area (Å²) in [4.78, 5) is 22.1. The van der Waals surface area contributed by atoms with Gasteiger partial charge in [0.05, 0.1) is 17.3 Å². The van der Waals surface area contributed by atoms with Crippen LogP contribution >= 0.6 is 31.9 Å². The zero-order chi connectivity index (χ0) is 15.1. The number of carboxylic acids is 1. The Balaban J connectivity index is 2.55. The number of aliphatic carboxylic acids is 1. The average molecular weight is 409 g/mol. The molecule has 0 saturated heterocycles. The molecule has 0 aliphatic heterocycles. The Kier molecular flexibility index (Phi) is 7.01. The molecule has 0 bridgehead atoms. The quantitative estimate of drug-likeness (QED) is 0.672. The summed E-state index contributed by atoms with van der Waals surface area (Å²) >= 11 is 6.71. The van der Waals surface area contributed by atoms with E-state index in [9.17, 15) is 9.59 Å². The van der Waals surface area contributed by atoms with Crippen LogP contribution in [0.4, 0.5) is 5.69 Å². The van der Waals surface area contributed by atoms with Crippen LogP contribution in [0.2, 0.25) is 0 Å². The largest absolute Gasteiger partial charge is 0.495 e. The molecule has 1 rings (SSSR count). The van der Waals surface area contributed by atoms with E-state index in [-0.39, 0.29) is 18.7 Å². The standard InChI is InChI=1S/C13H15Br2NO4/c1-20-11-7-10(8(14)6-9(11)15)16-12(17)4-2-3-5-13(18)19/h6-7H,2-5H2,1H3,(H,16,17)(H,18,19). The number of amides is 1. The molecule has 0 unspecified atom stereocenters. The fourth-order valence-corrected chi connectivity index (χ4v) is 2.81. The van der Waals surface area contributed by atoms with Gasteiger partial charge in [-0.15, -0.1) is 0 Å². The first-order valence-electron chi connectivity index (χ1n) is 5.98. The molecule has 0 aromatic heterocycles. The van der Waals surface area contributed by atoms with Crippen LogP contribution < -0.4 is 10.1 Å². The van der Waals surface area contributed by atoms with Crippen LogP contribution in [0.15, 0.2) is 21.1 Å². The smallest absolute Gasteiger partial charge is 0.303 e. The van der Waals surface area contributed by atoms with E-state index in [0.29, 0.717) is 24.3 Å². The molecule has 0 atom stereocenters. The van der Waals surface area contributed by atoms with Crippen LogP contribution in [0.5, 0.6) is 5.75 Å². The van der Waals surface area contributed by atoms with Crippen molar-refractivity contribution < 1.29 is 19.4 Å². The highest BCUT2D eigenvalue weighted by molar-refractivity contribution is 9.11. The molecule has 0 radical (unpaired) electrons. The number of hydrogen-bond acceptors (Lipinski definition) is 3. The molecular formula is C13H15Br2NO4. The van der Waals surface area contributed by atoms with Gasteiger partial charge in [-0.05, 0) is 50.8 Å². The molecule has 110 valence electrons. The molecule has 1 aromatic rings. The molecule has 0 aliphatic carbocycles. The van der Waals surface area contributed by atoms with Crippen LogP contribution in [0.3, 0.4) is 0 Å². The van der Waals surface area contributed by atoms with Crippen molar-refractivity contribution in [1.29, 1.82) is 0 Å². The number of rotatable bonds is 7. The number of carboxylic acid groups (broad SMARTS) is 1. The normalized spacial score (nSPS) is 10.2. The van der Waals surface area contributed by atoms with Crippen LogP contribution in [0, 0.1) is 0 Å². The van der Waals surface area contributed by atoms with Crippen LogP contribution in [-0.4, -0.2) is 24.1 Å². The first-order chi connectivity index (χ1) is 9.43. The second-order valence-corrected chi connectivity index (χ2v) is 5.82. The van der Waals surface area contributed by atoms with Gasteiger partial charge in [-0.2, -0.15) is 0 Å². The van der Waals surface area contributed by atoms with Gasteiger partial charge in [-0.1, -0.05) is 0 Å². The summed E-state index contributed by atoms with van der Waals surface area (Å²) in [5, 5.41) is 11.3. The van der Waals surface area contributed by atoms with Gasteiger partial charge in [-0.25, -0.2) is 0 Å². The van der Waals surface area contributed by atoms with Crippen molar-refractivity contribution in [2.45, 2.75) is 25.7 Å². The van der Waals surface area contributed by atoms with Crippen molar-refractivity contribution in [3.05, 3.63) is 21.1 Å². The second kappa shape index (κ2) is 8.26. The van der Waals surface area contributed by atoms with E-state index < -0.39 is 5.97 Å². The third kappa shape index (κ3) is 5.50. The number of anilines is 1. The van der Waals surface area contributed by atoms with Crippen LogP contribution in [0.1, 0.15) is 25.7 Å². The average Bonchev–Trinajstić information content (AvgIpc) is 2.37. The lowest BCUT2D eigenvalue weighted by Crippen LogP contribution is -2.12. The first-order valence-corrected chi connectivity index (χ1v) is 7.57. The minimum Gasteiger partial charge on any atom is -0.495 e. The fourth-order valence-electron chi connectivity index (χ4n) is 1.56. The zero-order valence-corrected chi connectivity index (χ0v) is 14.1. The molecular weight excluding hydrogens is 394 g/mol. The van der Waals surface area contributed by atoms with Crippen molar-refractivity contribution in [3.63, 3.8) is 0 Å². The summed E-state index contributed by atoms with van der Waals surface area (Å²) in [7, 11) is 1.55. The van der Waals surface area contributed by atoms with Crippen LogP contribution in [-0.2, 0) is 9.59 Å². The number of ether oxygens (including phenoxy) is 1. The molecule has 7 heteroatoms. The maximum atomic E-state index is 11.8. The van der Waals surface area contributed by atoms with Crippen molar-refractivity contribution >= 4 is 49.4 Å². The van der Waals surface area contributed by atoms with Gasteiger partial charge in [0.25, 0.3) is 0 Å². The molecule has 0 fully saturated rings. The number of halogens is 2. The summed E-state index contributed by atoms with van der Waals surface area (Å²) < 4.78 is 6.69. The molecule has 20 heavy (non-hydrogen) atoms. The monoisotopic (exact) mass is 407 g/mol. The Bertz CT molecular complexity index is 505. The predicted octanol–water partition coefficient (Wildman–Crippen LogP) is 3.80. The van der Waals surface area contributed by atoms with Gasteiger partial charge in [0, 0.05) is 23.4 Å². The maximum Gasteiger partial charge on any atom is 0.303 e. The lowest BCUT2D eigenvalue weighted by molar-refractivity contribution is -0.137. The van der Waals surface area contributed by atoms with Crippen molar-refractivity contribution in [1.82, 2.24) is 0 Å². The van der Waals surface area contributed by atoms with Crippen molar-refractivity contribution in [2.75, 3.05) is 12.4 Å². The highest BCUT2D eigenvalue weighted by Crippen LogP contribution is 2.34. The van der Waals surface area contributed by atoms with E-state index in [2.05, 4.69) is 37.2 Å². The first kappa shape index (κ1) is 17.0. The Hall–Kier alpha value is -1.08. The number of benzene rings is 1. The van der Waals surface area contributed by atoms with Crippen molar-refractivity contribution in [3.8, 4) is 5.75 Å². The molecule has 0 saturated carbocycles. The predicted molar refractivity (Wildman–Crippen MR) is 83.1 cm³/mol. The van der Waals surface area contributed by atoms with Gasteiger partial charge >= 0.3 is 5.97 Å². The molecule has 1 amide bonds. The van der Waals surface area contributed by atoms with Crippen LogP contribution in [0.25, 0.3) is 0 Å². The minimum atomic E-state index is -0.842.